The molecule has 1 atom stereocenters. The molecule has 1 aliphatic rings. The van der Waals surface area contributed by atoms with E-state index in [2.05, 4.69) is 0 Å². The minimum Gasteiger partial charge on any atom is -0.494 e. The fourth-order valence-corrected chi connectivity index (χ4v) is 3.03. The van der Waals surface area contributed by atoms with Crippen molar-refractivity contribution in [2.24, 2.45) is 11.3 Å². The van der Waals surface area contributed by atoms with Crippen molar-refractivity contribution in [1.82, 2.24) is 4.90 Å². The number of likely N-dealkylation sites (tertiary alicyclic amines) is 1. The van der Waals surface area contributed by atoms with Gasteiger partial charge in [0.1, 0.15) is 5.75 Å². The second-order valence-electron chi connectivity index (χ2n) is 6.45. The van der Waals surface area contributed by atoms with Gasteiger partial charge in [0.2, 0.25) is 5.91 Å². The second-order valence-corrected chi connectivity index (χ2v) is 6.45. The fraction of sp³-hybridized carbons (Fsp3) is 0.556. The zero-order valence-corrected chi connectivity index (χ0v) is 13.8. The minimum absolute atomic E-state index is 0.0132. The van der Waals surface area contributed by atoms with Crippen LogP contribution < -0.4 is 4.74 Å². The van der Waals surface area contributed by atoms with Gasteiger partial charge in [-0.1, -0.05) is 32.0 Å². The molecule has 0 saturated carbocycles. The number of hydrogen-bond acceptors (Lipinski definition) is 3. The molecule has 1 heterocycles. The van der Waals surface area contributed by atoms with Gasteiger partial charge in [0, 0.05) is 19.5 Å². The Bertz CT molecular complexity index is 543. The molecule has 1 amide bonds. The minimum atomic E-state index is -0.796. The highest BCUT2D eigenvalue weighted by Crippen LogP contribution is 2.38. The lowest BCUT2D eigenvalue weighted by atomic mass is 9.76. The van der Waals surface area contributed by atoms with E-state index in [9.17, 15) is 14.7 Å². The van der Waals surface area contributed by atoms with Crippen LogP contribution >= 0.6 is 0 Å². The molecule has 1 aromatic carbocycles. The number of hydrogen-bond donors (Lipinski definition) is 1. The summed E-state index contributed by atoms with van der Waals surface area (Å²) in [6, 6.07) is 9.50. The highest BCUT2D eigenvalue weighted by Gasteiger charge is 2.48. The molecule has 1 N–H and O–H groups in total. The number of carbonyl (C=O) groups excluding carboxylic acids is 1. The molecule has 5 nitrogen and oxygen atoms in total. The quantitative estimate of drug-likeness (QED) is 0.785. The normalized spacial score (nSPS) is 20.7. The summed E-state index contributed by atoms with van der Waals surface area (Å²) in [5.74, 6) is 0.0330. The molecule has 0 spiro atoms. The Kier molecular flexibility index (Phi) is 5.64. The predicted molar refractivity (Wildman–Crippen MR) is 87.3 cm³/mol. The molecule has 1 aliphatic heterocycles. The van der Waals surface area contributed by atoms with Crippen LogP contribution in [0.5, 0.6) is 5.75 Å². The first-order valence-corrected chi connectivity index (χ1v) is 8.15. The Morgan fingerprint density at radius 3 is 2.57 bits per heavy atom. The number of rotatable bonds is 7. The van der Waals surface area contributed by atoms with Crippen molar-refractivity contribution >= 4 is 11.9 Å². The van der Waals surface area contributed by atoms with Gasteiger partial charge in [-0.2, -0.15) is 0 Å². The van der Waals surface area contributed by atoms with E-state index in [1.807, 2.05) is 44.2 Å². The third kappa shape index (κ3) is 4.03. The Morgan fingerprint density at radius 2 is 2.00 bits per heavy atom. The monoisotopic (exact) mass is 319 g/mol. The van der Waals surface area contributed by atoms with E-state index in [0.29, 0.717) is 39.0 Å². The summed E-state index contributed by atoms with van der Waals surface area (Å²) in [6.45, 7) is 5.16. The van der Waals surface area contributed by atoms with E-state index in [-0.39, 0.29) is 11.8 Å². The summed E-state index contributed by atoms with van der Waals surface area (Å²) in [6.07, 6.45) is 1.55. The van der Waals surface area contributed by atoms with Gasteiger partial charge >= 0.3 is 5.97 Å². The summed E-state index contributed by atoms with van der Waals surface area (Å²) in [7, 11) is 0. The molecule has 0 aromatic heterocycles. The lowest BCUT2D eigenvalue weighted by molar-refractivity contribution is -0.151. The largest absolute Gasteiger partial charge is 0.494 e. The zero-order chi connectivity index (χ0) is 16.9. The van der Waals surface area contributed by atoms with Gasteiger partial charge in [0.25, 0.3) is 0 Å². The van der Waals surface area contributed by atoms with Crippen LogP contribution in [0.3, 0.4) is 0 Å². The molecule has 0 bridgehead atoms. The molecule has 1 unspecified atom stereocenters. The van der Waals surface area contributed by atoms with E-state index in [4.69, 9.17) is 4.74 Å². The first-order valence-electron chi connectivity index (χ1n) is 8.15. The highest BCUT2D eigenvalue weighted by molar-refractivity contribution is 5.80. The van der Waals surface area contributed by atoms with Crippen molar-refractivity contribution in [2.45, 2.75) is 33.1 Å². The molecule has 5 heteroatoms. The topological polar surface area (TPSA) is 66.8 Å². The van der Waals surface area contributed by atoms with Crippen LogP contribution in [0.2, 0.25) is 0 Å². The summed E-state index contributed by atoms with van der Waals surface area (Å²) in [5.41, 5.74) is -0.795. The number of para-hydroxylation sites is 1. The van der Waals surface area contributed by atoms with Crippen LogP contribution in [0.1, 0.15) is 33.1 Å². The molecule has 2 rings (SSSR count). The SMILES string of the molecule is CC(C)C1(C(=O)O)CCN(C(=O)CCCOc2ccccc2)C1. The number of carbonyl (C=O) groups is 2. The maximum Gasteiger partial charge on any atom is 0.311 e. The van der Waals surface area contributed by atoms with Gasteiger partial charge in [-0.15, -0.1) is 0 Å². The number of carboxylic acids is 1. The molecular weight excluding hydrogens is 294 g/mol. The molecule has 1 aromatic rings. The summed E-state index contributed by atoms with van der Waals surface area (Å²) >= 11 is 0. The maximum atomic E-state index is 12.3. The lowest BCUT2D eigenvalue weighted by Crippen LogP contribution is -2.40. The van der Waals surface area contributed by atoms with E-state index < -0.39 is 11.4 Å². The van der Waals surface area contributed by atoms with Crippen molar-refractivity contribution in [3.05, 3.63) is 30.3 Å². The summed E-state index contributed by atoms with van der Waals surface area (Å²) < 4.78 is 5.57. The van der Waals surface area contributed by atoms with Crippen molar-refractivity contribution < 1.29 is 19.4 Å². The van der Waals surface area contributed by atoms with Crippen LogP contribution in [0.4, 0.5) is 0 Å². The molecule has 0 radical (unpaired) electrons. The second kappa shape index (κ2) is 7.49. The van der Waals surface area contributed by atoms with E-state index in [1.54, 1.807) is 4.90 Å². The Labute approximate surface area is 137 Å². The Balaban J connectivity index is 1.77. The van der Waals surface area contributed by atoms with Crippen LogP contribution in [-0.2, 0) is 9.59 Å². The average Bonchev–Trinajstić information content (AvgIpc) is 2.99. The first-order chi connectivity index (χ1) is 11.0. The van der Waals surface area contributed by atoms with Crippen LogP contribution in [0.15, 0.2) is 30.3 Å². The Morgan fingerprint density at radius 1 is 1.30 bits per heavy atom. The third-order valence-corrected chi connectivity index (χ3v) is 4.73. The number of benzene rings is 1. The van der Waals surface area contributed by atoms with Gasteiger partial charge < -0.3 is 14.7 Å². The number of amides is 1. The van der Waals surface area contributed by atoms with Gasteiger partial charge in [-0.05, 0) is 30.9 Å². The number of nitrogens with zero attached hydrogens (tertiary/aromatic N) is 1. The average molecular weight is 319 g/mol. The zero-order valence-electron chi connectivity index (χ0n) is 13.8. The van der Waals surface area contributed by atoms with Crippen molar-refractivity contribution in [1.29, 1.82) is 0 Å². The lowest BCUT2D eigenvalue weighted by Gasteiger charge is -2.28. The fourth-order valence-electron chi connectivity index (χ4n) is 3.03. The number of aliphatic carboxylic acids is 1. The van der Waals surface area contributed by atoms with E-state index >= 15 is 0 Å². The van der Waals surface area contributed by atoms with Crippen molar-refractivity contribution in [3.8, 4) is 5.75 Å². The summed E-state index contributed by atoms with van der Waals surface area (Å²) in [5, 5.41) is 9.52. The van der Waals surface area contributed by atoms with Crippen molar-refractivity contribution in [3.63, 3.8) is 0 Å². The number of ether oxygens (including phenoxy) is 1. The molecular formula is C18H25NO4. The van der Waals surface area contributed by atoms with Gasteiger partial charge in [-0.25, -0.2) is 0 Å². The molecule has 1 fully saturated rings. The molecule has 0 aliphatic carbocycles. The van der Waals surface area contributed by atoms with E-state index in [1.165, 1.54) is 0 Å². The molecule has 1 saturated heterocycles. The van der Waals surface area contributed by atoms with Crippen LogP contribution in [-0.4, -0.2) is 41.6 Å². The predicted octanol–water partition coefficient (Wildman–Crippen LogP) is 2.80. The van der Waals surface area contributed by atoms with Crippen LogP contribution in [0, 0.1) is 11.3 Å². The molecule has 126 valence electrons. The summed E-state index contributed by atoms with van der Waals surface area (Å²) in [4.78, 5) is 25.6. The first kappa shape index (κ1) is 17.3. The van der Waals surface area contributed by atoms with Gasteiger partial charge in [0.05, 0.1) is 12.0 Å². The smallest absolute Gasteiger partial charge is 0.311 e. The molecule has 23 heavy (non-hydrogen) atoms. The highest BCUT2D eigenvalue weighted by atomic mass is 16.5. The van der Waals surface area contributed by atoms with Gasteiger partial charge in [-0.3, -0.25) is 9.59 Å². The Hall–Kier alpha value is -2.04. The standard InChI is InChI=1S/C18H25NO4/c1-14(2)18(17(21)22)10-11-19(13-18)16(20)9-6-12-23-15-7-4-3-5-8-15/h3-5,7-8,14H,6,9-13H2,1-2H3,(H,21,22). The third-order valence-electron chi connectivity index (χ3n) is 4.73. The van der Waals surface area contributed by atoms with Gasteiger partial charge in [0.15, 0.2) is 0 Å². The maximum absolute atomic E-state index is 12.3. The van der Waals surface area contributed by atoms with Crippen LogP contribution in [0.25, 0.3) is 0 Å². The van der Waals surface area contributed by atoms with Crippen molar-refractivity contribution in [2.75, 3.05) is 19.7 Å². The number of carboxylic acid groups (broad SMARTS) is 1. The van der Waals surface area contributed by atoms with E-state index in [0.717, 1.165) is 5.75 Å².